The molecule has 0 aliphatic heterocycles. The Hall–Kier alpha value is -2.16. The first-order chi connectivity index (χ1) is 13.5. The second-order valence-electron chi connectivity index (χ2n) is 6.17. The second kappa shape index (κ2) is 18.2. The van der Waals surface area contributed by atoms with Crippen molar-refractivity contribution in [2.75, 3.05) is 33.5 Å². The van der Waals surface area contributed by atoms with Gasteiger partial charge in [0.1, 0.15) is 6.61 Å². The van der Waals surface area contributed by atoms with E-state index in [4.69, 9.17) is 24.1 Å². The third-order valence-electron chi connectivity index (χ3n) is 3.67. The molecule has 1 N–H and O–H groups in total. The number of esters is 3. The van der Waals surface area contributed by atoms with Gasteiger partial charge in [0, 0.05) is 20.0 Å². The van der Waals surface area contributed by atoms with Crippen LogP contribution in [-0.2, 0) is 38.1 Å². The lowest BCUT2D eigenvalue weighted by Gasteiger charge is -2.06. The first-order valence-corrected chi connectivity index (χ1v) is 9.63. The summed E-state index contributed by atoms with van der Waals surface area (Å²) in [7, 11) is 1.54. The third kappa shape index (κ3) is 18.6. The molecule has 0 saturated carbocycles. The highest BCUT2D eigenvalue weighted by Gasteiger charge is 2.07. The van der Waals surface area contributed by atoms with Crippen molar-refractivity contribution >= 4 is 23.9 Å². The summed E-state index contributed by atoms with van der Waals surface area (Å²) in [4.78, 5) is 44.4. The van der Waals surface area contributed by atoms with E-state index in [0.717, 1.165) is 6.42 Å². The van der Waals surface area contributed by atoms with Crippen LogP contribution in [-0.4, -0.2) is 62.5 Å². The fourth-order valence-electron chi connectivity index (χ4n) is 2.13. The van der Waals surface area contributed by atoms with E-state index < -0.39 is 11.9 Å². The van der Waals surface area contributed by atoms with Crippen LogP contribution < -0.4 is 0 Å². The van der Waals surface area contributed by atoms with Crippen molar-refractivity contribution in [2.24, 2.45) is 0 Å². The Labute approximate surface area is 165 Å². The lowest BCUT2D eigenvalue weighted by molar-refractivity contribution is -0.148. The van der Waals surface area contributed by atoms with Crippen LogP contribution in [0.4, 0.5) is 0 Å². The number of hydrogen-bond donors (Lipinski definition) is 1. The zero-order valence-corrected chi connectivity index (χ0v) is 16.6. The predicted octanol–water partition coefficient (Wildman–Crippen LogP) is 2.25. The quantitative estimate of drug-likeness (QED) is 0.208. The summed E-state index contributed by atoms with van der Waals surface area (Å²) >= 11 is 0. The monoisotopic (exact) mass is 404 g/mol. The highest BCUT2D eigenvalue weighted by molar-refractivity contribution is 5.76. The van der Waals surface area contributed by atoms with Crippen molar-refractivity contribution in [3.8, 4) is 0 Å². The van der Waals surface area contributed by atoms with E-state index >= 15 is 0 Å². The van der Waals surface area contributed by atoms with Crippen LogP contribution in [0, 0.1) is 0 Å². The topological polar surface area (TPSA) is 125 Å². The van der Waals surface area contributed by atoms with Gasteiger partial charge in [-0.25, -0.2) is 0 Å². The van der Waals surface area contributed by atoms with Crippen LogP contribution in [0.5, 0.6) is 0 Å². The third-order valence-corrected chi connectivity index (χ3v) is 3.67. The second-order valence-corrected chi connectivity index (χ2v) is 6.17. The zero-order chi connectivity index (χ0) is 21.0. The minimum Gasteiger partial charge on any atom is -0.481 e. The summed E-state index contributed by atoms with van der Waals surface area (Å²) < 4.78 is 19.7. The summed E-state index contributed by atoms with van der Waals surface area (Å²) in [5.41, 5.74) is 0. The molecule has 0 radical (unpaired) electrons. The largest absolute Gasteiger partial charge is 0.481 e. The number of carboxylic acid groups (broad SMARTS) is 1. The average Bonchev–Trinajstić information content (AvgIpc) is 2.65. The van der Waals surface area contributed by atoms with Gasteiger partial charge in [-0.2, -0.15) is 0 Å². The average molecular weight is 404 g/mol. The van der Waals surface area contributed by atoms with E-state index in [2.05, 4.69) is 0 Å². The smallest absolute Gasteiger partial charge is 0.306 e. The number of aliphatic carboxylic acids is 1. The highest BCUT2D eigenvalue weighted by atomic mass is 16.6. The maximum absolute atomic E-state index is 11.6. The van der Waals surface area contributed by atoms with E-state index in [9.17, 15) is 19.2 Å². The van der Waals surface area contributed by atoms with Crippen molar-refractivity contribution in [1.29, 1.82) is 0 Å². The molecule has 0 aromatic rings. The van der Waals surface area contributed by atoms with Crippen LogP contribution in [0.15, 0.2) is 0 Å². The maximum Gasteiger partial charge on any atom is 0.306 e. The van der Waals surface area contributed by atoms with Gasteiger partial charge in [-0.15, -0.1) is 0 Å². The minimum absolute atomic E-state index is 0.128. The Morgan fingerprint density at radius 1 is 0.571 bits per heavy atom. The Balaban J connectivity index is 3.39. The Morgan fingerprint density at radius 3 is 1.50 bits per heavy atom. The first kappa shape index (κ1) is 25.8. The molecule has 0 aliphatic rings. The van der Waals surface area contributed by atoms with E-state index in [-0.39, 0.29) is 38.0 Å². The Bertz CT molecular complexity index is 462. The molecule has 0 fully saturated rings. The van der Waals surface area contributed by atoms with Gasteiger partial charge in [0.05, 0.1) is 32.7 Å². The number of carbonyl (C=O) groups excluding carboxylic acids is 3. The molecule has 0 aromatic carbocycles. The summed E-state index contributed by atoms with van der Waals surface area (Å²) in [5, 5.41) is 8.44. The van der Waals surface area contributed by atoms with Crippen molar-refractivity contribution in [3.05, 3.63) is 0 Å². The number of unbranched alkanes of at least 4 members (excludes halogenated alkanes) is 4. The molecular formula is C19H32O9. The van der Waals surface area contributed by atoms with Gasteiger partial charge in [-0.05, 0) is 38.5 Å². The lowest BCUT2D eigenvalue weighted by Crippen LogP contribution is -2.10. The number of hydrogen-bond acceptors (Lipinski definition) is 8. The normalized spacial score (nSPS) is 10.3. The van der Waals surface area contributed by atoms with Gasteiger partial charge in [-0.3, -0.25) is 19.2 Å². The fourth-order valence-corrected chi connectivity index (χ4v) is 2.13. The molecule has 0 saturated heterocycles. The van der Waals surface area contributed by atoms with Crippen molar-refractivity contribution in [3.63, 3.8) is 0 Å². The van der Waals surface area contributed by atoms with Crippen LogP contribution in [0.25, 0.3) is 0 Å². The van der Waals surface area contributed by atoms with Gasteiger partial charge in [0.2, 0.25) is 0 Å². The van der Waals surface area contributed by atoms with E-state index in [1.807, 2.05) is 0 Å². The van der Waals surface area contributed by atoms with Crippen LogP contribution >= 0.6 is 0 Å². The molecule has 162 valence electrons. The molecule has 9 nitrogen and oxygen atoms in total. The zero-order valence-electron chi connectivity index (χ0n) is 16.6. The number of carbonyl (C=O) groups is 4. The predicted molar refractivity (Wildman–Crippen MR) is 98.6 cm³/mol. The highest BCUT2D eigenvalue weighted by Crippen LogP contribution is 2.05. The number of ether oxygens (including phenoxy) is 4. The fraction of sp³-hybridized carbons (Fsp3) is 0.789. The molecule has 0 atom stereocenters. The summed E-state index contributed by atoms with van der Waals surface area (Å²) in [6, 6.07) is 0. The van der Waals surface area contributed by atoms with Crippen LogP contribution in [0.1, 0.15) is 64.2 Å². The molecule has 0 aliphatic carbocycles. The maximum atomic E-state index is 11.6. The lowest BCUT2D eigenvalue weighted by atomic mass is 10.2. The number of carboxylic acids is 1. The van der Waals surface area contributed by atoms with Crippen LogP contribution in [0.3, 0.4) is 0 Å². The molecular weight excluding hydrogens is 372 g/mol. The SMILES string of the molecule is COCCOC(=O)CCCCCOC(=O)CCCCCOC(=O)CCC(=O)O. The van der Waals surface area contributed by atoms with Gasteiger partial charge in [0.15, 0.2) is 0 Å². The van der Waals surface area contributed by atoms with E-state index in [0.29, 0.717) is 58.2 Å². The molecule has 0 unspecified atom stereocenters. The Kier molecular flexibility index (Phi) is 16.8. The van der Waals surface area contributed by atoms with Gasteiger partial charge >= 0.3 is 23.9 Å². The molecule has 0 aromatic heterocycles. The molecule has 0 spiro atoms. The molecule has 0 heterocycles. The van der Waals surface area contributed by atoms with Crippen LogP contribution in [0.2, 0.25) is 0 Å². The standard InChI is InChI=1S/C19H32O9/c1-25-14-15-28-18(23)9-5-3-6-12-26-17(22)8-4-2-7-13-27-19(24)11-10-16(20)21/h2-15H2,1H3,(H,20,21). The van der Waals surface area contributed by atoms with Crippen molar-refractivity contribution in [1.82, 2.24) is 0 Å². The van der Waals surface area contributed by atoms with Gasteiger partial charge in [0.25, 0.3) is 0 Å². The summed E-state index contributed by atoms with van der Waals surface area (Å²) in [6.45, 7) is 1.21. The first-order valence-electron chi connectivity index (χ1n) is 9.63. The van der Waals surface area contributed by atoms with E-state index in [1.54, 1.807) is 7.11 Å². The van der Waals surface area contributed by atoms with Crippen molar-refractivity contribution in [2.45, 2.75) is 64.2 Å². The number of rotatable bonds is 18. The van der Waals surface area contributed by atoms with E-state index in [1.165, 1.54) is 0 Å². The number of methoxy groups -OCH3 is 1. The van der Waals surface area contributed by atoms with Gasteiger partial charge < -0.3 is 24.1 Å². The molecule has 9 heteroatoms. The molecule has 0 amide bonds. The van der Waals surface area contributed by atoms with Gasteiger partial charge in [-0.1, -0.05) is 0 Å². The minimum atomic E-state index is -1.03. The molecule has 0 bridgehead atoms. The Morgan fingerprint density at radius 2 is 1.04 bits per heavy atom. The summed E-state index contributed by atoms with van der Waals surface area (Å²) in [5.74, 6) is -2.07. The molecule has 28 heavy (non-hydrogen) atoms. The summed E-state index contributed by atoms with van der Waals surface area (Å²) in [6.07, 6.45) is 4.42. The van der Waals surface area contributed by atoms with Crippen molar-refractivity contribution < 1.29 is 43.2 Å². The molecule has 0 rings (SSSR count).